The average Bonchev–Trinajstić information content (AvgIpc) is 2.77. The second kappa shape index (κ2) is 4.72. The van der Waals surface area contributed by atoms with Crippen LogP contribution in [0.3, 0.4) is 0 Å². The molecule has 1 heterocycles. The van der Waals surface area contributed by atoms with Gasteiger partial charge in [-0.3, -0.25) is 0 Å². The number of fused-ring (bicyclic) bond motifs is 1. The van der Waals surface area contributed by atoms with Crippen LogP contribution in [0.4, 0.5) is 0 Å². The zero-order chi connectivity index (χ0) is 11.6. The van der Waals surface area contributed by atoms with Gasteiger partial charge in [-0.15, -0.1) is 11.3 Å². The van der Waals surface area contributed by atoms with E-state index in [0.717, 1.165) is 0 Å². The summed E-state index contributed by atoms with van der Waals surface area (Å²) >= 11 is 1.92. The molecule has 2 heteroatoms. The van der Waals surface area contributed by atoms with Gasteiger partial charge in [-0.2, -0.15) is 0 Å². The Labute approximate surface area is 103 Å². The van der Waals surface area contributed by atoms with Crippen LogP contribution in [0.2, 0.25) is 18.1 Å². The molecule has 2 aromatic rings. The maximum absolute atomic E-state index is 2.44. The zero-order valence-electron chi connectivity index (χ0n) is 10.4. The highest BCUT2D eigenvalue weighted by Gasteiger charge is 2.31. The summed E-state index contributed by atoms with van der Waals surface area (Å²) in [6.07, 6.45) is 0. The maximum Gasteiger partial charge on any atom is 0.0878 e. The minimum atomic E-state index is -1.20. The molecule has 0 bridgehead atoms. The third-order valence-corrected chi connectivity index (χ3v) is 10.9. The van der Waals surface area contributed by atoms with E-state index in [-0.39, 0.29) is 0 Å². The van der Waals surface area contributed by atoms with E-state index < -0.39 is 8.07 Å². The summed E-state index contributed by atoms with van der Waals surface area (Å²) in [6, 6.07) is 13.0. The molecule has 0 saturated heterocycles. The molecule has 0 amide bonds. The van der Waals surface area contributed by atoms with E-state index in [1.807, 2.05) is 11.3 Å². The molecule has 0 spiro atoms. The van der Waals surface area contributed by atoms with Gasteiger partial charge in [-0.25, -0.2) is 0 Å². The van der Waals surface area contributed by atoms with E-state index in [0.29, 0.717) is 0 Å². The molecule has 1 aromatic heterocycles. The van der Waals surface area contributed by atoms with Crippen LogP contribution < -0.4 is 5.19 Å². The molecule has 1 aromatic carbocycles. The monoisotopic (exact) mass is 248 g/mol. The Morgan fingerprint density at radius 2 is 1.62 bits per heavy atom. The summed E-state index contributed by atoms with van der Waals surface area (Å²) in [5, 5.41) is 5.68. The highest BCUT2D eigenvalue weighted by molar-refractivity contribution is 7.19. The lowest BCUT2D eigenvalue weighted by molar-refractivity contribution is 1.20. The van der Waals surface area contributed by atoms with Crippen molar-refractivity contribution >= 4 is 34.7 Å². The third-order valence-electron chi connectivity index (χ3n) is 4.08. The fourth-order valence-corrected chi connectivity index (χ4v) is 8.24. The number of rotatable bonds is 4. The highest BCUT2D eigenvalue weighted by atomic mass is 32.1. The van der Waals surface area contributed by atoms with E-state index in [2.05, 4.69) is 50.4 Å². The van der Waals surface area contributed by atoms with Crippen molar-refractivity contribution in [2.24, 2.45) is 0 Å². The fourth-order valence-electron chi connectivity index (χ4n) is 2.71. The van der Waals surface area contributed by atoms with Crippen molar-refractivity contribution in [3.63, 3.8) is 0 Å². The molecular formula is C14H20SSi. The SMILES string of the molecule is CC[Si](CC)(CC)c1csc2ccccc12. The fraction of sp³-hybridized carbons (Fsp3) is 0.429. The summed E-state index contributed by atoms with van der Waals surface area (Å²) < 4.78 is 1.46. The molecule has 0 fully saturated rings. The van der Waals surface area contributed by atoms with Crippen LogP contribution in [-0.4, -0.2) is 8.07 Å². The molecule has 0 saturated carbocycles. The summed E-state index contributed by atoms with van der Waals surface area (Å²) in [6.45, 7) is 7.14. The smallest absolute Gasteiger partial charge is 0.0878 e. The van der Waals surface area contributed by atoms with Gasteiger partial charge in [-0.05, 0) is 22.0 Å². The van der Waals surface area contributed by atoms with Crippen LogP contribution in [0.25, 0.3) is 10.1 Å². The Morgan fingerprint density at radius 1 is 1.00 bits per heavy atom. The second-order valence-corrected chi connectivity index (χ2v) is 10.6. The van der Waals surface area contributed by atoms with E-state index in [1.165, 1.54) is 28.2 Å². The lowest BCUT2D eigenvalue weighted by Gasteiger charge is -2.27. The molecule has 16 heavy (non-hydrogen) atoms. The van der Waals surface area contributed by atoms with Gasteiger partial charge < -0.3 is 0 Å². The van der Waals surface area contributed by atoms with Gasteiger partial charge in [0.15, 0.2) is 0 Å². The van der Waals surface area contributed by atoms with Gasteiger partial charge in [0.05, 0.1) is 8.07 Å². The first kappa shape index (κ1) is 11.9. The molecule has 0 radical (unpaired) electrons. The van der Waals surface area contributed by atoms with Crippen molar-refractivity contribution in [2.75, 3.05) is 0 Å². The molecular weight excluding hydrogens is 228 g/mol. The Balaban J connectivity index is 2.61. The first-order valence-corrected chi connectivity index (χ1v) is 9.74. The average molecular weight is 248 g/mol. The van der Waals surface area contributed by atoms with Crippen LogP contribution in [-0.2, 0) is 0 Å². The Morgan fingerprint density at radius 3 is 2.25 bits per heavy atom. The number of benzene rings is 1. The third kappa shape index (κ3) is 1.74. The quantitative estimate of drug-likeness (QED) is 0.693. The van der Waals surface area contributed by atoms with Crippen LogP contribution in [0.15, 0.2) is 29.6 Å². The standard InChI is InChI=1S/C14H20SSi/c1-4-16(5-2,6-3)14-11-15-13-10-8-7-9-12(13)14/h7-11H,4-6H2,1-3H3. The number of hydrogen-bond donors (Lipinski definition) is 0. The van der Waals surface area contributed by atoms with Crippen molar-refractivity contribution in [2.45, 2.75) is 38.9 Å². The van der Waals surface area contributed by atoms with Crippen molar-refractivity contribution in [1.29, 1.82) is 0 Å². The Kier molecular flexibility index (Phi) is 3.50. The second-order valence-electron chi connectivity index (χ2n) is 4.49. The first-order chi connectivity index (χ1) is 7.77. The Bertz CT molecular complexity index is 460. The lowest BCUT2D eigenvalue weighted by atomic mass is 10.3. The largest absolute Gasteiger partial charge is 0.144 e. The first-order valence-electron chi connectivity index (χ1n) is 6.24. The lowest BCUT2D eigenvalue weighted by Crippen LogP contribution is -2.45. The maximum atomic E-state index is 2.44. The van der Waals surface area contributed by atoms with Crippen LogP contribution in [0.1, 0.15) is 20.8 Å². The van der Waals surface area contributed by atoms with Crippen LogP contribution >= 0.6 is 11.3 Å². The summed E-state index contributed by atoms with van der Waals surface area (Å²) in [5.74, 6) is 0. The molecule has 86 valence electrons. The minimum Gasteiger partial charge on any atom is -0.144 e. The number of hydrogen-bond acceptors (Lipinski definition) is 1. The van der Waals surface area contributed by atoms with Crippen molar-refractivity contribution in [1.82, 2.24) is 0 Å². The van der Waals surface area contributed by atoms with Crippen LogP contribution in [0, 0.1) is 0 Å². The minimum absolute atomic E-state index is 1.20. The molecule has 0 N–H and O–H groups in total. The van der Waals surface area contributed by atoms with Gasteiger partial charge in [0.25, 0.3) is 0 Å². The molecule has 0 nitrogen and oxygen atoms in total. The topological polar surface area (TPSA) is 0 Å². The summed E-state index contributed by atoms with van der Waals surface area (Å²) in [5.41, 5.74) is 0. The van der Waals surface area contributed by atoms with Gasteiger partial charge in [0.2, 0.25) is 0 Å². The van der Waals surface area contributed by atoms with E-state index in [4.69, 9.17) is 0 Å². The highest BCUT2D eigenvalue weighted by Crippen LogP contribution is 2.27. The van der Waals surface area contributed by atoms with E-state index in [1.54, 1.807) is 5.19 Å². The van der Waals surface area contributed by atoms with Gasteiger partial charge in [-0.1, -0.05) is 57.1 Å². The van der Waals surface area contributed by atoms with Crippen molar-refractivity contribution in [3.8, 4) is 0 Å². The van der Waals surface area contributed by atoms with Crippen molar-refractivity contribution in [3.05, 3.63) is 29.6 Å². The molecule has 0 aliphatic carbocycles. The van der Waals surface area contributed by atoms with E-state index in [9.17, 15) is 0 Å². The summed E-state index contributed by atoms with van der Waals surface area (Å²) in [7, 11) is -1.20. The molecule has 0 aliphatic rings. The Hall–Kier alpha value is -0.603. The molecule has 0 unspecified atom stereocenters. The van der Waals surface area contributed by atoms with E-state index >= 15 is 0 Å². The van der Waals surface area contributed by atoms with Crippen LogP contribution in [0.5, 0.6) is 0 Å². The molecule has 0 aliphatic heterocycles. The predicted molar refractivity (Wildman–Crippen MR) is 78.7 cm³/mol. The van der Waals surface area contributed by atoms with Gasteiger partial charge in [0, 0.05) is 4.70 Å². The van der Waals surface area contributed by atoms with Crippen molar-refractivity contribution < 1.29 is 0 Å². The predicted octanol–water partition coefficient (Wildman–Crippen LogP) is 4.62. The normalized spacial score (nSPS) is 12.2. The zero-order valence-corrected chi connectivity index (χ0v) is 12.2. The number of thiophene rings is 1. The molecule has 2 rings (SSSR count). The summed E-state index contributed by atoms with van der Waals surface area (Å²) in [4.78, 5) is 0. The molecule has 0 atom stereocenters. The van der Waals surface area contributed by atoms with Gasteiger partial charge in [0.1, 0.15) is 0 Å². The van der Waals surface area contributed by atoms with Gasteiger partial charge >= 0.3 is 0 Å².